The van der Waals surface area contributed by atoms with Crippen molar-refractivity contribution in [3.63, 3.8) is 0 Å². The fourth-order valence-electron chi connectivity index (χ4n) is 4.67. The molecule has 0 spiro atoms. The number of carbonyl (C=O) groups excluding carboxylic acids is 1. The van der Waals surface area contributed by atoms with Gasteiger partial charge in [0.25, 0.3) is 0 Å². The Hall–Kier alpha value is -3.56. The van der Waals surface area contributed by atoms with E-state index in [2.05, 4.69) is 34.5 Å². The van der Waals surface area contributed by atoms with Crippen molar-refractivity contribution in [2.45, 2.75) is 10.9 Å². The van der Waals surface area contributed by atoms with Crippen LogP contribution in [0.15, 0.2) is 113 Å². The van der Waals surface area contributed by atoms with Crippen molar-refractivity contribution in [3.8, 4) is 0 Å². The van der Waals surface area contributed by atoms with Gasteiger partial charge in [-0.25, -0.2) is 8.42 Å². The van der Waals surface area contributed by atoms with Crippen LogP contribution in [-0.2, 0) is 14.8 Å². The Labute approximate surface area is 227 Å². The van der Waals surface area contributed by atoms with Crippen LogP contribution in [-0.4, -0.2) is 49.7 Å². The second-order valence-corrected chi connectivity index (χ2v) is 11.9. The van der Waals surface area contributed by atoms with Gasteiger partial charge in [0, 0.05) is 42.8 Å². The predicted molar refractivity (Wildman–Crippen MR) is 153 cm³/mol. The van der Waals surface area contributed by atoms with E-state index < -0.39 is 10.0 Å². The predicted octanol–water partition coefficient (Wildman–Crippen LogP) is 5.50. The van der Waals surface area contributed by atoms with Crippen LogP contribution in [0.2, 0.25) is 0 Å². The number of amides is 1. The molecule has 38 heavy (non-hydrogen) atoms. The molecular formula is C30H29N3O3S2. The van der Waals surface area contributed by atoms with Crippen LogP contribution in [0.1, 0.15) is 22.0 Å². The van der Waals surface area contributed by atoms with Gasteiger partial charge in [0.1, 0.15) is 0 Å². The molecule has 2 heterocycles. The Morgan fingerprint density at radius 2 is 1.39 bits per heavy atom. The monoisotopic (exact) mass is 543 g/mol. The molecule has 1 fully saturated rings. The molecule has 1 aromatic heterocycles. The summed E-state index contributed by atoms with van der Waals surface area (Å²) in [7, 11) is -3.64. The van der Waals surface area contributed by atoms with E-state index in [4.69, 9.17) is 0 Å². The first-order valence-electron chi connectivity index (χ1n) is 12.5. The highest BCUT2D eigenvalue weighted by atomic mass is 32.2. The summed E-state index contributed by atoms with van der Waals surface area (Å²) in [5.41, 5.74) is 2.93. The van der Waals surface area contributed by atoms with E-state index in [1.807, 2.05) is 53.9 Å². The minimum atomic E-state index is -3.64. The van der Waals surface area contributed by atoms with E-state index in [-0.39, 0.29) is 16.8 Å². The molecule has 0 atom stereocenters. The molecule has 1 amide bonds. The lowest BCUT2D eigenvalue weighted by Crippen LogP contribution is -2.49. The maximum absolute atomic E-state index is 13.4. The smallest absolute Gasteiger partial charge is 0.248 e. The Kier molecular flexibility index (Phi) is 8.14. The minimum Gasteiger partial charge on any atom is -0.323 e. The van der Waals surface area contributed by atoms with Gasteiger partial charge in [-0.05, 0) is 52.9 Å². The quantitative estimate of drug-likeness (QED) is 0.298. The number of anilines is 1. The van der Waals surface area contributed by atoms with Crippen LogP contribution in [0.25, 0.3) is 6.08 Å². The first-order valence-corrected chi connectivity index (χ1v) is 14.8. The van der Waals surface area contributed by atoms with Gasteiger partial charge in [-0.3, -0.25) is 9.69 Å². The fourth-order valence-corrected chi connectivity index (χ4v) is 6.71. The van der Waals surface area contributed by atoms with Crippen molar-refractivity contribution in [1.82, 2.24) is 9.21 Å². The Morgan fingerprint density at radius 1 is 0.789 bits per heavy atom. The lowest BCUT2D eigenvalue weighted by Gasteiger charge is -2.39. The third-order valence-corrected chi connectivity index (χ3v) is 9.32. The zero-order valence-electron chi connectivity index (χ0n) is 20.8. The van der Waals surface area contributed by atoms with Crippen molar-refractivity contribution >= 4 is 39.0 Å². The Balaban J connectivity index is 1.24. The molecule has 0 unspecified atom stereocenters. The molecule has 194 valence electrons. The summed E-state index contributed by atoms with van der Waals surface area (Å²) in [6.45, 7) is 2.06. The van der Waals surface area contributed by atoms with Gasteiger partial charge in [0.15, 0.2) is 0 Å². The highest BCUT2D eigenvalue weighted by Gasteiger charge is 2.32. The molecule has 0 radical (unpaired) electrons. The maximum atomic E-state index is 13.4. The molecule has 0 saturated carbocycles. The molecule has 0 bridgehead atoms. The average Bonchev–Trinajstić information content (AvgIpc) is 3.48. The first-order chi connectivity index (χ1) is 18.5. The largest absolute Gasteiger partial charge is 0.323 e. The van der Waals surface area contributed by atoms with Gasteiger partial charge < -0.3 is 5.32 Å². The van der Waals surface area contributed by atoms with Crippen LogP contribution < -0.4 is 5.32 Å². The molecular weight excluding hydrogens is 514 g/mol. The number of benzene rings is 3. The van der Waals surface area contributed by atoms with Gasteiger partial charge in [-0.1, -0.05) is 66.7 Å². The number of nitrogens with zero attached hydrogens (tertiary/aromatic N) is 2. The van der Waals surface area contributed by atoms with E-state index in [9.17, 15) is 13.2 Å². The summed E-state index contributed by atoms with van der Waals surface area (Å²) < 4.78 is 28.3. The molecule has 3 aromatic carbocycles. The number of hydrogen-bond acceptors (Lipinski definition) is 5. The van der Waals surface area contributed by atoms with E-state index in [0.29, 0.717) is 31.9 Å². The second-order valence-electron chi connectivity index (χ2n) is 9.03. The molecule has 0 aliphatic carbocycles. The van der Waals surface area contributed by atoms with Crippen molar-refractivity contribution in [3.05, 3.63) is 125 Å². The molecule has 1 N–H and O–H groups in total. The third-order valence-electron chi connectivity index (χ3n) is 6.57. The van der Waals surface area contributed by atoms with Crippen LogP contribution in [0, 0.1) is 0 Å². The number of thiophene rings is 1. The third kappa shape index (κ3) is 6.11. The fraction of sp³-hybridized carbons (Fsp3) is 0.167. The van der Waals surface area contributed by atoms with Crippen molar-refractivity contribution in [1.29, 1.82) is 0 Å². The van der Waals surface area contributed by atoms with E-state index in [1.165, 1.54) is 17.2 Å². The molecule has 1 saturated heterocycles. The van der Waals surface area contributed by atoms with Crippen LogP contribution in [0.5, 0.6) is 0 Å². The molecule has 8 heteroatoms. The lowest BCUT2D eigenvalue weighted by molar-refractivity contribution is -0.111. The number of sulfonamides is 1. The zero-order chi connectivity index (χ0) is 26.4. The first kappa shape index (κ1) is 26.1. The molecule has 1 aliphatic heterocycles. The van der Waals surface area contributed by atoms with Crippen LogP contribution >= 0.6 is 11.3 Å². The van der Waals surface area contributed by atoms with E-state index in [1.54, 1.807) is 46.0 Å². The van der Waals surface area contributed by atoms with E-state index >= 15 is 0 Å². The summed E-state index contributed by atoms with van der Waals surface area (Å²) in [5.74, 6) is -0.267. The minimum absolute atomic E-state index is 0.0685. The van der Waals surface area contributed by atoms with Gasteiger partial charge >= 0.3 is 0 Å². The Morgan fingerprint density at radius 3 is 1.95 bits per heavy atom. The van der Waals surface area contributed by atoms with Crippen molar-refractivity contribution in [2.24, 2.45) is 0 Å². The van der Waals surface area contributed by atoms with Gasteiger partial charge in [-0.15, -0.1) is 11.3 Å². The summed E-state index contributed by atoms with van der Waals surface area (Å²) in [4.78, 5) is 15.8. The van der Waals surface area contributed by atoms with E-state index in [0.717, 1.165) is 4.88 Å². The highest BCUT2D eigenvalue weighted by molar-refractivity contribution is 7.89. The molecule has 6 nitrogen and oxygen atoms in total. The number of carbonyl (C=O) groups is 1. The zero-order valence-corrected chi connectivity index (χ0v) is 22.4. The second kappa shape index (κ2) is 11.9. The average molecular weight is 544 g/mol. The summed E-state index contributed by atoms with van der Waals surface area (Å²) in [6.07, 6.45) is 3.22. The van der Waals surface area contributed by atoms with Crippen LogP contribution in [0.3, 0.4) is 0 Å². The molecule has 5 rings (SSSR count). The van der Waals surface area contributed by atoms with Gasteiger partial charge in [-0.2, -0.15) is 4.31 Å². The standard InChI is InChI=1S/C30H29N3O3S2/c34-29(18-15-27-12-7-23-37-27)31-26-13-16-28(17-14-26)38(35,36)33-21-19-32(20-22-33)30(24-8-3-1-4-9-24)25-10-5-2-6-11-25/h1-18,23,30H,19-22H2,(H,31,34)/b18-15+. The molecule has 4 aromatic rings. The summed E-state index contributed by atoms with van der Waals surface area (Å²) in [6, 6.07) is 30.9. The lowest BCUT2D eigenvalue weighted by atomic mass is 9.96. The number of piperazine rings is 1. The maximum Gasteiger partial charge on any atom is 0.248 e. The van der Waals surface area contributed by atoms with Crippen molar-refractivity contribution < 1.29 is 13.2 Å². The normalized spacial score (nSPS) is 15.2. The topological polar surface area (TPSA) is 69.7 Å². The Bertz CT molecular complexity index is 1420. The van der Waals surface area contributed by atoms with Gasteiger partial charge in [0.2, 0.25) is 15.9 Å². The highest BCUT2D eigenvalue weighted by Crippen LogP contribution is 2.30. The summed E-state index contributed by atoms with van der Waals surface area (Å²) >= 11 is 1.55. The van der Waals surface area contributed by atoms with Crippen molar-refractivity contribution in [2.75, 3.05) is 31.5 Å². The SMILES string of the molecule is O=C(/C=C/c1cccs1)Nc1ccc(S(=O)(=O)N2CCN(C(c3ccccc3)c3ccccc3)CC2)cc1. The number of nitrogens with one attached hydrogen (secondary N) is 1. The van der Waals surface area contributed by atoms with Gasteiger partial charge in [0.05, 0.1) is 10.9 Å². The number of rotatable bonds is 8. The number of hydrogen-bond donors (Lipinski definition) is 1. The molecule has 1 aliphatic rings. The summed E-state index contributed by atoms with van der Waals surface area (Å²) in [5, 5.41) is 4.72. The van der Waals surface area contributed by atoms with Crippen LogP contribution in [0.4, 0.5) is 5.69 Å².